The van der Waals surface area contributed by atoms with Crippen molar-refractivity contribution in [2.24, 2.45) is 0 Å². The highest BCUT2D eigenvalue weighted by Crippen LogP contribution is 2.28. The second kappa shape index (κ2) is 5.71. The smallest absolute Gasteiger partial charge is 0.234 e. The molecule has 1 amide bonds. The SMILES string of the molecule is CNCC(=O)NC(C)(C)c1ccc(Cl)c(Cl)c1. The van der Waals surface area contributed by atoms with E-state index in [0.29, 0.717) is 10.0 Å². The minimum atomic E-state index is -0.484. The van der Waals surface area contributed by atoms with Crippen LogP contribution in [0.1, 0.15) is 19.4 Å². The zero-order valence-corrected chi connectivity index (χ0v) is 11.6. The second-order valence-corrected chi connectivity index (χ2v) is 5.15. The first-order valence-electron chi connectivity index (χ1n) is 5.28. The molecule has 0 spiro atoms. The van der Waals surface area contributed by atoms with Crippen molar-refractivity contribution in [1.29, 1.82) is 0 Å². The molecule has 1 aromatic rings. The Labute approximate surface area is 111 Å². The van der Waals surface area contributed by atoms with Crippen molar-refractivity contribution in [2.75, 3.05) is 13.6 Å². The molecule has 0 radical (unpaired) electrons. The first kappa shape index (κ1) is 14.3. The van der Waals surface area contributed by atoms with E-state index in [0.717, 1.165) is 5.56 Å². The maximum absolute atomic E-state index is 11.6. The van der Waals surface area contributed by atoms with Crippen LogP contribution in [0.15, 0.2) is 18.2 Å². The Morgan fingerprint density at radius 2 is 1.94 bits per heavy atom. The lowest BCUT2D eigenvalue weighted by Crippen LogP contribution is -2.44. The van der Waals surface area contributed by atoms with Gasteiger partial charge in [0.15, 0.2) is 0 Å². The molecule has 0 aliphatic carbocycles. The maximum Gasteiger partial charge on any atom is 0.234 e. The lowest BCUT2D eigenvalue weighted by Gasteiger charge is -2.27. The summed E-state index contributed by atoms with van der Waals surface area (Å²) in [4.78, 5) is 11.6. The van der Waals surface area contributed by atoms with Gasteiger partial charge in [-0.2, -0.15) is 0 Å². The Morgan fingerprint density at radius 1 is 1.29 bits per heavy atom. The number of nitrogens with one attached hydrogen (secondary N) is 2. The van der Waals surface area contributed by atoms with E-state index in [1.165, 1.54) is 0 Å². The average Bonchev–Trinajstić information content (AvgIpc) is 2.21. The summed E-state index contributed by atoms with van der Waals surface area (Å²) in [5, 5.41) is 6.71. The van der Waals surface area contributed by atoms with Gasteiger partial charge in [-0.3, -0.25) is 4.79 Å². The molecule has 0 aliphatic heterocycles. The molecule has 0 atom stereocenters. The van der Waals surface area contributed by atoms with Crippen molar-refractivity contribution in [1.82, 2.24) is 10.6 Å². The van der Waals surface area contributed by atoms with Gasteiger partial charge in [0.2, 0.25) is 5.91 Å². The third-order valence-corrected chi connectivity index (χ3v) is 3.17. The normalized spacial score (nSPS) is 11.4. The maximum atomic E-state index is 11.6. The summed E-state index contributed by atoms with van der Waals surface area (Å²) in [6.07, 6.45) is 0. The summed E-state index contributed by atoms with van der Waals surface area (Å²) < 4.78 is 0. The van der Waals surface area contributed by atoms with E-state index < -0.39 is 5.54 Å². The second-order valence-electron chi connectivity index (χ2n) is 4.33. The molecule has 0 heterocycles. The van der Waals surface area contributed by atoms with Crippen LogP contribution in [0.4, 0.5) is 0 Å². The summed E-state index contributed by atoms with van der Waals surface area (Å²) in [7, 11) is 1.73. The van der Waals surface area contributed by atoms with Crippen LogP contribution in [0, 0.1) is 0 Å². The molecule has 0 aromatic heterocycles. The fourth-order valence-electron chi connectivity index (χ4n) is 1.51. The molecule has 1 rings (SSSR count). The number of hydrogen-bond donors (Lipinski definition) is 2. The van der Waals surface area contributed by atoms with Gasteiger partial charge in [0.05, 0.1) is 22.1 Å². The molecule has 1 aromatic carbocycles. The van der Waals surface area contributed by atoms with Gasteiger partial charge >= 0.3 is 0 Å². The molecule has 17 heavy (non-hydrogen) atoms. The van der Waals surface area contributed by atoms with Gasteiger partial charge in [-0.15, -0.1) is 0 Å². The molecule has 0 unspecified atom stereocenters. The number of carbonyl (C=O) groups is 1. The van der Waals surface area contributed by atoms with Gasteiger partial charge in [0.1, 0.15) is 0 Å². The molecule has 0 saturated carbocycles. The molecule has 94 valence electrons. The number of rotatable bonds is 4. The lowest BCUT2D eigenvalue weighted by atomic mass is 9.94. The molecule has 0 saturated heterocycles. The topological polar surface area (TPSA) is 41.1 Å². The van der Waals surface area contributed by atoms with Crippen molar-refractivity contribution < 1.29 is 4.79 Å². The lowest BCUT2D eigenvalue weighted by molar-refractivity contribution is -0.121. The fourth-order valence-corrected chi connectivity index (χ4v) is 1.81. The number of amides is 1. The monoisotopic (exact) mass is 274 g/mol. The van der Waals surface area contributed by atoms with Gasteiger partial charge in [-0.25, -0.2) is 0 Å². The quantitative estimate of drug-likeness (QED) is 0.886. The molecule has 2 N–H and O–H groups in total. The first-order chi connectivity index (χ1) is 7.86. The van der Waals surface area contributed by atoms with E-state index in [2.05, 4.69) is 10.6 Å². The van der Waals surface area contributed by atoms with Crippen molar-refractivity contribution in [2.45, 2.75) is 19.4 Å². The molecule has 3 nitrogen and oxygen atoms in total. The summed E-state index contributed by atoms with van der Waals surface area (Å²) in [5.74, 6) is -0.0661. The van der Waals surface area contributed by atoms with Crippen LogP contribution in [0.25, 0.3) is 0 Å². The Morgan fingerprint density at radius 3 is 2.47 bits per heavy atom. The summed E-state index contributed by atoms with van der Waals surface area (Å²) in [5.41, 5.74) is 0.429. The molecular weight excluding hydrogens is 259 g/mol. The van der Waals surface area contributed by atoms with E-state index in [-0.39, 0.29) is 12.5 Å². The number of halogens is 2. The Hall–Kier alpha value is -0.770. The van der Waals surface area contributed by atoms with Crippen LogP contribution in [0.3, 0.4) is 0 Å². The number of benzene rings is 1. The van der Waals surface area contributed by atoms with Gasteiger partial charge < -0.3 is 10.6 Å². The average molecular weight is 275 g/mol. The van der Waals surface area contributed by atoms with Crippen molar-refractivity contribution in [3.05, 3.63) is 33.8 Å². The van der Waals surface area contributed by atoms with Gasteiger partial charge in [-0.1, -0.05) is 29.3 Å². The number of hydrogen-bond acceptors (Lipinski definition) is 2. The highest BCUT2D eigenvalue weighted by atomic mass is 35.5. The van der Waals surface area contributed by atoms with E-state index in [1.54, 1.807) is 19.2 Å². The Bertz CT molecular complexity index is 419. The molecule has 5 heteroatoms. The minimum absolute atomic E-state index is 0.0661. The number of likely N-dealkylation sites (N-methyl/N-ethyl adjacent to an activating group) is 1. The number of carbonyl (C=O) groups excluding carboxylic acids is 1. The van der Waals surface area contributed by atoms with Gasteiger partial charge in [-0.05, 0) is 38.6 Å². The van der Waals surface area contributed by atoms with Crippen LogP contribution >= 0.6 is 23.2 Å². The molecular formula is C12H16Cl2N2O. The summed E-state index contributed by atoms with van der Waals surface area (Å²) in [6.45, 7) is 4.12. The standard InChI is InChI=1S/C12H16Cl2N2O/c1-12(2,16-11(17)7-15-3)8-4-5-9(13)10(14)6-8/h4-6,15H,7H2,1-3H3,(H,16,17). The minimum Gasteiger partial charge on any atom is -0.346 e. The van der Waals surface area contributed by atoms with Crippen LogP contribution in [-0.4, -0.2) is 19.5 Å². The summed E-state index contributed by atoms with van der Waals surface area (Å²) >= 11 is 11.8. The molecule has 0 aliphatic rings. The predicted molar refractivity (Wildman–Crippen MR) is 71.6 cm³/mol. The Kier molecular flexibility index (Phi) is 4.80. The molecule has 0 bridgehead atoms. The van der Waals surface area contributed by atoms with Gasteiger partial charge in [0, 0.05) is 0 Å². The largest absolute Gasteiger partial charge is 0.346 e. The van der Waals surface area contributed by atoms with E-state index in [1.807, 2.05) is 19.9 Å². The van der Waals surface area contributed by atoms with E-state index >= 15 is 0 Å². The predicted octanol–water partition coefficient (Wildman–Crippen LogP) is 2.56. The van der Waals surface area contributed by atoms with Crippen LogP contribution in [0.2, 0.25) is 10.0 Å². The zero-order valence-electron chi connectivity index (χ0n) is 10.1. The van der Waals surface area contributed by atoms with E-state index in [9.17, 15) is 4.79 Å². The van der Waals surface area contributed by atoms with Crippen LogP contribution < -0.4 is 10.6 Å². The first-order valence-corrected chi connectivity index (χ1v) is 6.03. The highest BCUT2D eigenvalue weighted by molar-refractivity contribution is 6.42. The van der Waals surface area contributed by atoms with Crippen molar-refractivity contribution in [3.8, 4) is 0 Å². The Balaban J connectivity index is 2.88. The third-order valence-electron chi connectivity index (χ3n) is 2.43. The van der Waals surface area contributed by atoms with Gasteiger partial charge in [0.25, 0.3) is 0 Å². The van der Waals surface area contributed by atoms with Crippen molar-refractivity contribution in [3.63, 3.8) is 0 Å². The summed E-state index contributed by atoms with van der Waals surface area (Å²) in [6, 6.07) is 5.35. The highest BCUT2D eigenvalue weighted by Gasteiger charge is 2.23. The molecule has 0 fully saturated rings. The van der Waals surface area contributed by atoms with Crippen LogP contribution in [-0.2, 0) is 10.3 Å². The van der Waals surface area contributed by atoms with E-state index in [4.69, 9.17) is 23.2 Å². The van der Waals surface area contributed by atoms with Crippen molar-refractivity contribution >= 4 is 29.1 Å². The fraction of sp³-hybridized carbons (Fsp3) is 0.417. The third kappa shape index (κ3) is 3.87. The zero-order chi connectivity index (χ0) is 13.1. The van der Waals surface area contributed by atoms with Crippen LogP contribution in [0.5, 0.6) is 0 Å².